The van der Waals surface area contributed by atoms with Gasteiger partial charge in [-0.2, -0.15) is 0 Å². The second kappa shape index (κ2) is 12.1. The van der Waals surface area contributed by atoms with E-state index in [0.717, 1.165) is 48.4 Å². The number of piperazine rings is 1. The zero-order chi connectivity index (χ0) is 21.9. The molecule has 2 N–H and O–H groups in total. The summed E-state index contributed by atoms with van der Waals surface area (Å²) in [6.07, 6.45) is 3.57. The van der Waals surface area contributed by atoms with Crippen molar-refractivity contribution in [2.75, 3.05) is 43.9 Å². The molecular weight excluding hydrogens is 404 g/mol. The summed E-state index contributed by atoms with van der Waals surface area (Å²) in [6, 6.07) is 8.37. The molecule has 8 nitrogen and oxygen atoms in total. The van der Waals surface area contributed by atoms with Crippen LogP contribution in [-0.2, 0) is 9.59 Å². The third-order valence-electron chi connectivity index (χ3n) is 4.45. The van der Waals surface area contributed by atoms with Crippen LogP contribution in [-0.4, -0.2) is 76.0 Å². The van der Waals surface area contributed by atoms with E-state index in [1.807, 2.05) is 11.8 Å². The first-order valence-corrected chi connectivity index (χ1v) is 10.9. The Labute approximate surface area is 180 Å². The number of carboxylic acids is 2. The topological polar surface area (TPSA) is 107 Å². The monoisotopic (exact) mass is 432 g/mol. The van der Waals surface area contributed by atoms with Gasteiger partial charge in [-0.3, -0.25) is 0 Å². The van der Waals surface area contributed by atoms with Crippen LogP contribution in [0.5, 0.6) is 0 Å². The average molecular weight is 433 g/mol. The molecule has 1 fully saturated rings. The molecule has 9 heteroatoms. The SMILES string of the molecule is CCCCSc1nc(N2CCN(C)CC2)nc2ccccc12.O=C(O)/C=C\C(=O)O. The molecule has 1 saturated heterocycles. The summed E-state index contributed by atoms with van der Waals surface area (Å²) in [7, 11) is 2.17. The zero-order valence-electron chi connectivity index (χ0n) is 17.3. The largest absolute Gasteiger partial charge is 0.478 e. The minimum Gasteiger partial charge on any atom is -0.478 e. The van der Waals surface area contributed by atoms with E-state index in [1.165, 1.54) is 18.2 Å². The minimum atomic E-state index is -1.26. The number of fused-ring (bicyclic) bond motifs is 1. The Hall–Kier alpha value is -2.65. The number of carbonyl (C=O) groups is 2. The number of para-hydroxylation sites is 1. The summed E-state index contributed by atoms with van der Waals surface area (Å²) in [5, 5.41) is 17.9. The molecule has 0 radical (unpaired) electrons. The van der Waals surface area contributed by atoms with Crippen LogP contribution >= 0.6 is 11.8 Å². The highest BCUT2D eigenvalue weighted by Gasteiger charge is 2.18. The summed E-state index contributed by atoms with van der Waals surface area (Å²) >= 11 is 1.87. The predicted octanol–water partition coefficient (Wildman–Crippen LogP) is 2.99. The van der Waals surface area contributed by atoms with E-state index in [-0.39, 0.29) is 0 Å². The lowest BCUT2D eigenvalue weighted by Gasteiger charge is -2.32. The molecule has 30 heavy (non-hydrogen) atoms. The van der Waals surface area contributed by atoms with Crippen LogP contribution in [0.25, 0.3) is 10.9 Å². The van der Waals surface area contributed by atoms with Gasteiger partial charge < -0.3 is 20.0 Å². The minimum absolute atomic E-state index is 0.558. The molecule has 0 bridgehead atoms. The maximum Gasteiger partial charge on any atom is 0.328 e. The molecule has 3 rings (SSSR count). The second-order valence-electron chi connectivity index (χ2n) is 6.85. The molecule has 1 aromatic heterocycles. The molecule has 162 valence electrons. The first-order valence-electron chi connectivity index (χ1n) is 9.87. The summed E-state index contributed by atoms with van der Waals surface area (Å²) in [4.78, 5) is 33.5. The van der Waals surface area contributed by atoms with E-state index in [1.54, 1.807) is 0 Å². The highest BCUT2D eigenvalue weighted by atomic mass is 32.2. The number of carboxylic acid groups (broad SMARTS) is 2. The van der Waals surface area contributed by atoms with Gasteiger partial charge in [0, 0.05) is 43.7 Å². The van der Waals surface area contributed by atoms with Gasteiger partial charge in [0.1, 0.15) is 5.03 Å². The Morgan fingerprint density at radius 2 is 1.70 bits per heavy atom. The number of aromatic nitrogens is 2. The molecule has 1 aromatic carbocycles. The van der Waals surface area contributed by atoms with E-state index in [9.17, 15) is 9.59 Å². The summed E-state index contributed by atoms with van der Waals surface area (Å²) in [5.41, 5.74) is 1.06. The Morgan fingerprint density at radius 1 is 1.07 bits per heavy atom. The van der Waals surface area contributed by atoms with Crippen molar-refractivity contribution in [1.82, 2.24) is 14.9 Å². The van der Waals surface area contributed by atoms with Crippen LogP contribution in [0.4, 0.5) is 5.95 Å². The second-order valence-corrected chi connectivity index (χ2v) is 7.93. The van der Waals surface area contributed by atoms with Gasteiger partial charge in [0.2, 0.25) is 5.95 Å². The van der Waals surface area contributed by atoms with Crippen molar-refractivity contribution in [1.29, 1.82) is 0 Å². The van der Waals surface area contributed by atoms with E-state index in [4.69, 9.17) is 20.2 Å². The van der Waals surface area contributed by atoms with Crippen molar-refractivity contribution >= 4 is 40.6 Å². The fourth-order valence-electron chi connectivity index (χ4n) is 2.75. The number of likely N-dealkylation sites (N-methyl/N-ethyl adjacent to an activating group) is 1. The van der Waals surface area contributed by atoms with Gasteiger partial charge in [-0.25, -0.2) is 19.6 Å². The lowest BCUT2D eigenvalue weighted by atomic mass is 10.2. The highest BCUT2D eigenvalue weighted by molar-refractivity contribution is 7.99. The van der Waals surface area contributed by atoms with E-state index in [2.05, 4.69) is 48.0 Å². The number of rotatable bonds is 7. The molecule has 1 aliphatic heterocycles. The normalized spacial score (nSPS) is 14.5. The molecule has 0 aliphatic carbocycles. The molecule has 0 unspecified atom stereocenters. The van der Waals surface area contributed by atoms with Crippen molar-refractivity contribution < 1.29 is 19.8 Å². The predicted molar refractivity (Wildman–Crippen MR) is 119 cm³/mol. The summed E-state index contributed by atoms with van der Waals surface area (Å²) < 4.78 is 0. The fourth-order valence-corrected chi connectivity index (χ4v) is 3.85. The number of anilines is 1. The van der Waals surface area contributed by atoms with Crippen LogP contribution in [0.2, 0.25) is 0 Å². The standard InChI is InChI=1S/C17H24N4S.C4H4O4/c1-3-4-13-22-16-14-7-5-6-8-15(14)18-17(19-16)21-11-9-20(2)10-12-21;5-3(6)1-2-4(7)8/h5-8H,3-4,9-13H2,1-2H3;1-2H,(H,5,6)(H,7,8)/b;2-1-. The van der Waals surface area contributed by atoms with Crippen molar-refractivity contribution in [3.05, 3.63) is 36.4 Å². The molecule has 2 heterocycles. The number of aliphatic carboxylic acids is 2. The van der Waals surface area contributed by atoms with Gasteiger partial charge in [0.15, 0.2) is 0 Å². The number of thioether (sulfide) groups is 1. The third kappa shape index (κ3) is 7.64. The number of hydrogen-bond donors (Lipinski definition) is 2. The van der Waals surface area contributed by atoms with Gasteiger partial charge >= 0.3 is 11.9 Å². The van der Waals surface area contributed by atoms with Crippen molar-refractivity contribution in [3.8, 4) is 0 Å². The van der Waals surface area contributed by atoms with E-state index >= 15 is 0 Å². The van der Waals surface area contributed by atoms with Crippen LogP contribution in [0.15, 0.2) is 41.4 Å². The molecule has 2 aromatic rings. The molecule has 0 saturated carbocycles. The van der Waals surface area contributed by atoms with Crippen LogP contribution < -0.4 is 4.90 Å². The van der Waals surface area contributed by atoms with Gasteiger partial charge in [-0.1, -0.05) is 31.5 Å². The Balaban J connectivity index is 0.000000343. The molecule has 0 amide bonds. The summed E-state index contributed by atoms with van der Waals surface area (Å²) in [6.45, 7) is 6.40. The van der Waals surface area contributed by atoms with Gasteiger partial charge in [0.05, 0.1) is 5.52 Å². The van der Waals surface area contributed by atoms with Crippen LogP contribution in [0.3, 0.4) is 0 Å². The Bertz CT molecular complexity index is 866. The van der Waals surface area contributed by atoms with Crippen LogP contribution in [0, 0.1) is 0 Å². The van der Waals surface area contributed by atoms with E-state index in [0.29, 0.717) is 12.2 Å². The first kappa shape index (κ1) is 23.6. The summed E-state index contributed by atoms with van der Waals surface area (Å²) in [5.74, 6) is -0.495. The maximum absolute atomic E-state index is 9.55. The van der Waals surface area contributed by atoms with E-state index < -0.39 is 11.9 Å². The van der Waals surface area contributed by atoms with Crippen molar-refractivity contribution in [3.63, 3.8) is 0 Å². The first-order chi connectivity index (χ1) is 14.4. The smallest absolute Gasteiger partial charge is 0.328 e. The lowest BCUT2D eigenvalue weighted by molar-refractivity contribution is -0.134. The highest BCUT2D eigenvalue weighted by Crippen LogP contribution is 2.28. The molecular formula is C21H28N4O4S. The molecule has 1 aliphatic rings. The number of benzene rings is 1. The number of nitrogens with zero attached hydrogens (tertiary/aromatic N) is 4. The number of hydrogen-bond acceptors (Lipinski definition) is 7. The van der Waals surface area contributed by atoms with Crippen molar-refractivity contribution in [2.24, 2.45) is 0 Å². The van der Waals surface area contributed by atoms with Gasteiger partial charge in [-0.05, 0) is 25.3 Å². The van der Waals surface area contributed by atoms with Crippen molar-refractivity contribution in [2.45, 2.75) is 24.8 Å². The average Bonchev–Trinajstić information content (AvgIpc) is 2.73. The fraction of sp³-hybridized carbons (Fsp3) is 0.429. The quantitative estimate of drug-likeness (QED) is 0.295. The Kier molecular flexibility index (Phi) is 9.56. The Morgan fingerprint density at radius 3 is 2.30 bits per heavy atom. The molecule has 0 atom stereocenters. The van der Waals surface area contributed by atoms with Crippen LogP contribution in [0.1, 0.15) is 19.8 Å². The number of unbranched alkanes of at least 4 members (excludes halogenated alkanes) is 1. The maximum atomic E-state index is 9.55. The van der Waals surface area contributed by atoms with Gasteiger partial charge in [-0.15, -0.1) is 11.8 Å². The zero-order valence-corrected chi connectivity index (χ0v) is 18.1. The lowest BCUT2D eigenvalue weighted by Crippen LogP contribution is -2.45. The third-order valence-corrected chi connectivity index (χ3v) is 5.53. The molecule has 0 spiro atoms. The van der Waals surface area contributed by atoms with Gasteiger partial charge in [0.25, 0.3) is 0 Å².